The molecular weight excluding hydrogens is 544 g/mol. The molecule has 1 amide bonds. The van der Waals surface area contributed by atoms with E-state index in [4.69, 9.17) is 4.74 Å². The second-order valence-electron chi connectivity index (χ2n) is 9.15. The highest BCUT2D eigenvalue weighted by Gasteiger charge is 2.26. The van der Waals surface area contributed by atoms with Crippen molar-refractivity contribution >= 4 is 33.1 Å². The maximum Gasteiger partial charge on any atom is 0.276 e. The van der Waals surface area contributed by atoms with E-state index in [2.05, 4.69) is 24.7 Å². The number of piperidine rings is 1. The summed E-state index contributed by atoms with van der Waals surface area (Å²) in [6.07, 6.45) is 5.58. The van der Waals surface area contributed by atoms with E-state index in [0.29, 0.717) is 37.3 Å². The predicted octanol–water partition coefficient (Wildman–Crippen LogP) is 2.96. The van der Waals surface area contributed by atoms with Gasteiger partial charge in [0.05, 0.1) is 24.0 Å². The first kappa shape index (κ1) is 27.4. The zero-order valence-electron chi connectivity index (χ0n) is 21.7. The Morgan fingerprint density at radius 3 is 2.65 bits per heavy atom. The SMILES string of the molecule is CNS(=O)(=O)NC1CCN(c2ccc(F)cc2NC(=O)c2cn3ccnc3c(-c3c(F)cccc3OC)n2)CC1. The molecule has 2 aromatic heterocycles. The van der Waals surface area contributed by atoms with Crippen molar-refractivity contribution in [1.29, 1.82) is 0 Å². The van der Waals surface area contributed by atoms with Gasteiger partial charge in [0.2, 0.25) is 0 Å². The molecule has 14 heteroatoms. The number of carbonyl (C=O) groups is 1. The lowest BCUT2D eigenvalue weighted by molar-refractivity contribution is 0.102. The van der Waals surface area contributed by atoms with Gasteiger partial charge in [-0.3, -0.25) is 4.79 Å². The molecular formula is C26H27F2N7O4S. The molecule has 2 aromatic carbocycles. The average Bonchev–Trinajstić information content (AvgIpc) is 3.42. The van der Waals surface area contributed by atoms with Crippen LogP contribution >= 0.6 is 0 Å². The van der Waals surface area contributed by atoms with E-state index < -0.39 is 27.8 Å². The number of halogens is 2. The summed E-state index contributed by atoms with van der Waals surface area (Å²) in [5, 5.41) is 2.74. The number of benzene rings is 2. The van der Waals surface area contributed by atoms with Gasteiger partial charge in [-0.15, -0.1) is 0 Å². The third-order valence-electron chi connectivity index (χ3n) is 6.67. The number of methoxy groups -OCH3 is 1. The van der Waals surface area contributed by atoms with Crippen molar-refractivity contribution < 1.29 is 26.7 Å². The van der Waals surface area contributed by atoms with Crippen LogP contribution in [-0.4, -0.2) is 62.0 Å². The molecule has 1 aliphatic rings. The van der Waals surface area contributed by atoms with E-state index in [1.165, 1.54) is 50.8 Å². The normalized spacial score (nSPS) is 14.4. The van der Waals surface area contributed by atoms with Crippen LogP contribution in [0.2, 0.25) is 0 Å². The molecule has 4 aromatic rings. The molecule has 5 rings (SSSR count). The fraction of sp³-hybridized carbons (Fsp3) is 0.269. The van der Waals surface area contributed by atoms with Crippen molar-refractivity contribution in [2.45, 2.75) is 18.9 Å². The zero-order chi connectivity index (χ0) is 28.4. The highest BCUT2D eigenvalue weighted by Crippen LogP contribution is 2.34. The predicted molar refractivity (Wildman–Crippen MR) is 146 cm³/mol. The lowest BCUT2D eigenvalue weighted by Crippen LogP contribution is -2.47. The Balaban J connectivity index is 1.43. The first-order valence-corrected chi connectivity index (χ1v) is 13.9. The summed E-state index contributed by atoms with van der Waals surface area (Å²) in [6.45, 7) is 0.948. The van der Waals surface area contributed by atoms with Gasteiger partial charge in [0.15, 0.2) is 5.65 Å². The average molecular weight is 572 g/mol. The maximum atomic E-state index is 14.9. The first-order valence-electron chi connectivity index (χ1n) is 12.4. The van der Waals surface area contributed by atoms with E-state index >= 15 is 0 Å². The van der Waals surface area contributed by atoms with Gasteiger partial charge in [0, 0.05) is 44.8 Å². The molecule has 0 aliphatic carbocycles. The van der Waals surface area contributed by atoms with Crippen molar-refractivity contribution in [2.24, 2.45) is 0 Å². The Morgan fingerprint density at radius 1 is 1.15 bits per heavy atom. The Hall–Kier alpha value is -4.14. The molecule has 1 aliphatic heterocycles. The van der Waals surface area contributed by atoms with Crippen molar-refractivity contribution in [3.8, 4) is 17.0 Å². The number of rotatable bonds is 8. The summed E-state index contributed by atoms with van der Waals surface area (Å²) in [4.78, 5) is 24.1. The van der Waals surface area contributed by atoms with Crippen molar-refractivity contribution in [3.63, 3.8) is 0 Å². The number of carbonyl (C=O) groups excluding carboxylic acids is 1. The summed E-state index contributed by atoms with van der Waals surface area (Å²) in [5.74, 6) is -1.56. The highest BCUT2D eigenvalue weighted by atomic mass is 32.2. The largest absolute Gasteiger partial charge is 0.496 e. The molecule has 0 bridgehead atoms. The quantitative estimate of drug-likeness (QED) is 0.297. The van der Waals surface area contributed by atoms with Crippen LogP contribution in [0.5, 0.6) is 5.75 Å². The van der Waals surface area contributed by atoms with Gasteiger partial charge in [-0.05, 0) is 43.2 Å². The third-order valence-corrected chi connectivity index (χ3v) is 7.85. The first-order chi connectivity index (χ1) is 19.2. The summed E-state index contributed by atoms with van der Waals surface area (Å²) >= 11 is 0. The number of hydrogen-bond donors (Lipinski definition) is 3. The topological polar surface area (TPSA) is 130 Å². The van der Waals surface area contributed by atoms with Crippen LogP contribution in [0.3, 0.4) is 0 Å². The summed E-state index contributed by atoms with van der Waals surface area (Å²) < 4.78 is 64.6. The highest BCUT2D eigenvalue weighted by molar-refractivity contribution is 7.87. The van der Waals surface area contributed by atoms with Crippen LogP contribution in [0.15, 0.2) is 55.0 Å². The van der Waals surface area contributed by atoms with Gasteiger partial charge in [-0.25, -0.2) is 23.5 Å². The van der Waals surface area contributed by atoms with Crippen LogP contribution in [0.1, 0.15) is 23.3 Å². The molecule has 1 saturated heterocycles. The molecule has 40 heavy (non-hydrogen) atoms. The number of nitrogens with one attached hydrogen (secondary N) is 3. The number of ether oxygens (including phenoxy) is 1. The Morgan fingerprint density at radius 2 is 1.93 bits per heavy atom. The molecule has 0 spiro atoms. The maximum absolute atomic E-state index is 14.9. The fourth-order valence-corrected chi connectivity index (χ4v) is 5.49. The summed E-state index contributed by atoms with van der Waals surface area (Å²) in [7, 11) is -0.836. The van der Waals surface area contributed by atoms with E-state index in [0.717, 1.165) is 0 Å². The summed E-state index contributed by atoms with van der Waals surface area (Å²) in [6, 6.07) is 8.15. The second-order valence-corrected chi connectivity index (χ2v) is 10.8. The lowest BCUT2D eigenvalue weighted by atomic mass is 10.0. The van der Waals surface area contributed by atoms with Gasteiger partial charge in [0.25, 0.3) is 16.1 Å². The third kappa shape index (κ3) is 5.59. The van der Waals surface area contributed by atoms with Crippen molar-refractivity contribution in [1.82, 2.24) is 23.8 Å². The zero-order valence-corrected chi connectivity index (χ0v) is 22.5. The van der Waals surface area contributed by atoms with Gasteiger partial charge in [0.1, 0.15) is 28.8 Å². The number of aromatic nitrogens is 3. The Bertz CT molecular complexity index is 1670. The van der Waals surface area contributed by atoms with E-state index in [9.17, 15) is 22.0 Å². The number of anilines is 2. The standard InChI is InChI=1S/C26H27F2N7O4S/c1-29-40(37,38)33-17-8-11-34(12-9-17)21-7-6-16(27)14-19(21)32-26(36)20-15-35-13-10-30-25(35)24(31-20)23-18(28)4-3-5-22(23)39-2/h3-7,10,13-15,17,29,33H,8-9,11-12H2,1-2H3,(H,32,36). The molecule has 11 nitrogen and oxygen atoms in total. The Labute approximate surface area is 229 Å². The molecule has 0 unspecified atom stereocenters. The smallest absolute Gasteiger partial charge is 0.276 e. The van der Waals surface area contributed by atoms with Crippen LogP contribution in [-0.2, 0) is 10.2 Å². The molecule has 3 heterocycles. The molecule has 210 valence electrons. The monoisotopic (exact) mass is 571 g/mol. The van der Waals surface area contributed by atoms with E-state index in [1.807, 2.05) is 4.90 Å². The number of imidazole rings is 1. The van der Waals surface area contributed by atoms with Crippen molar-refractivity contribution in [3.05, 3.63) is 72.3 Å². The summed E-state index contributed by atoms with van der Waals surface area (Å²) in [5.41, 5.74) is 1.22. The van der Waals surface area contributed by atoms with Crippen LogP contribution in [0, 0.1) is 11.6 Å². The van der Waals surface area contributed by atoms with Gasteiger partial charge in [-0.1, -0.05) is 6.07 Å². The lowest BCUT2D eigenvalue weighted by Gasteiger charge is -2.34. The number of nitrogens with zero attached hydrogens (tertiary/aromatic N) is 4. The molecule has 3 N–H and O–H groups in total. The van der Waals surface area contributed by atoms with Gasteiger partial charge < -0.3 is 19.4 Å². The van der Waals surface area contributed by atoms with E-state index in [1.54, 1.807) is 22.7 Å². The van der Waals surface area contributed by atoms with Gasteiger partial charge in [-0.2, -0.15) is 13.1 Å². The minimum absolute atomic E-state index is 0.0544. The van der Waals surface area contributed by atoms with Crippen molar-refractivity contribution in [2.75, 3.05) is 37.5 Å². The fourth-order valence-electron chi connectivity index (χ4n) is 4.70. The molecule has 0 atom stereocenters. The van der Waals surface area contributed by atoms with E-state index in [-0.39, 0.29) is 34.4 Å². The molecule has 0 saturated carbocycles. The Kier molecular flexibility index (Phi) is 7.65. The van der Waals surface area contributed by atoms with Gasteiger partial charge >= 0.3 is 0 Å². The number of amides is 1. The minimum atomic E-state index is -3.57. The van der Waals surface area contributed by atoms with Crippen LogP contribution < -0.4 is 24.4 Å². The van der Waals surface area contributed by atoms with Crippen LogP contribution in [0.4, 0.5) is 20.2 Å². The molecule has 0 radical (unpaired) electrons. The molecule has 1 fully saturated rings. The number of fused-ring (bicyclic) bond motifs is 1. The van der Waals surface area contributed by atoms with Crippen LogP contribution in [0.25, 0.3) is 16.9 Å². The minimum Gasteiger partial charge on any atom is -0.496 e. The second kappa shape index (κ2) is 11.2. The number of hydrogen-bond acceptors (Lipinski definition) is 7.